The van der Waals surface area contributed by atoms with Gasteiger partial charge in [0, 0.05) is 0 Å². The van der Waals surface area contributed by atoms with Gasteiger partial charge >= 0.3 is 6.03 Å². The fraction of sp³-hybridized carbons (Fsp3) is 0.118. The number of nitrogens with zero attached hydrogens (tertiary/aromatic N) is 2. The fourth-order valence-electron chi connectivity index (χ4n) is 2.31. The summed E-state index contributed by atoms with van der Waals surface area (Å²) < 4.78 is 0. The molecule has 0 spiro atoms. The number of amides is 3. The Hall–Kier alpha value is -2.95. The lowest BCUT2D eigenvalue weighted by Crippen LogP contribution is -2.51. The molecule has 0 unspecified atom stereocenters. The van der Waals surface area contributed by atoms with Gasteiger partial charge < -0.3 is 0 Å². The third-order valence-electron chi connectivity index (χ3n) is 3.48. The predicted octanol–water partition coefficient (Wildman–Crippen LogP) is 2.36. The molecule has 0 radical (unpaired) electrons. The molecule has 22 heavy (non-hydrogen) atoms. The van der Waals surface area contributed by atoms with Crippen LogP contribution in [0.15, 0.2) is 65.8 Å². The first-order valence-electron chi connectivity index (χ1n) is 7.00. The first-order valence-corrected chi connectivity index (χ1v) is 7.00. The zero-order valence-corrected chi connectivity index (χ0v) is 11.8. The molecule has 2 aromatic carbocycles. The van der Waals surface area contributed by atoms with Crippen LogP contribution >= 0.6 is 0 Å². The predicted molar refractivity (Wildman–Crippen MR) is 83.5 cm³/mol. The summed E-state index contributed by atoms with van der Waals surface area (Å²) in [5.74, 6) is -0.700. The quantitative estimate of drug-likeness (QED) is 0.883. The molecule has 1 saturated heterocycles. The van der Waals surface area contributed by atoms with Crippen molar-refractivity contribution in [3.05, 3.63) is 71.8 Å². The standard InChI is InChI=1S/C17H15N3O2/c21-16-15(14-9-5-2-6-10-14)12-20(17(22)19-16)18-11-13-7-3-1-4-8-13/h1-11,15H,12H2,(H,19,21,22)/b18-11-/t15-/m0/s1. The van der Waals surface area contributed by atoms with Gasteiger partial charge in [-0.3, -0.25) is 10.1 Å². The zero-order chi connectivity index (χ0) is 15.4. The monoisotopic (exact) mass is 293 g/mol. The Balaban J connectivity index is 1.78. The molecule has 0 aliphatic carbocycles. The van der Waals surface area contributed by atoms with Gasteiger partial charge in [0.15, 0.2) is 0 Å². The largest absolute Gasteiger partial charge is 0.344 e. The number of rotatable bonds is 3. The smallest absolute Gasteiger partial charge is 0.276 e. The molecule has 0 bridgehead atoms. The van der Waals surface area contributed by atoms with Gasteiger partial charge in [0.2, 0.25) is 5.91 Å². The molecular formula is C17H15N3O2. The van der Waals surface area contributed by atoms with Crippen LogP contribution in [0.5, 0.6) is 0 Å². The zero-order valence-electron chi connectivity index (χ0n) is 11.8. The number of hydrazone groups is 1. The Bertz CT molecular complexity index is 698. The van der Waals surface area contributed by atoms with Crippen molar-refractivity contribution in [3.8, 4) is 0 Å². The topological polar surface area (TPSA) is 61.8 Å². The van der Waals surface area contributed by atoms with E-state index in [0.717, 1.165) is 11.1 Å². The van der Waals surface area contributed by atoms with Gasteiger partial charge in [0.25, 0.3) is 0 Å². The van der Waals surface area contributed by atoms with Crippen molar-refractivity contribution in [1.82, 2.24) is 10.3 Å². The minimum atomic E-state index is -0.496. The Kier molecular flexibility index (Phi) is 3.96. The summed E-state index contributed by atoms with van der Waals surface area (Å²) in [6, 6.07) is 18.4. The second-order valence-corrected chi connectivity index (χ2v) is 5.00. The molecule has 5 nitrogen and oxygen atoms in total. The van der Waals surface area contributed by atoms with Gasteiger partial charge in [0.1, 0.15) is 0 Å². The maximum absolute atomic E-state index is 12.0. The van der Waals surface area contributed by atoms with Gasteiger partial charge in [-0.05, 0) is 11.1 Å². The second-order valence-electron chi connectivity index (χ2n) is 5.00. The number of nitrogens with one attached hydrogen (secondary N) is 1. The number of imide groups is 1. The van der Waals surface area contributed by atoms with E-state index in [1.165, 1.54) is 5.01 Å². The van der Waals surface area contributed by atoms with E-state index >= 15 is 0 Å². The SMILES string of the molecule is O=C1NC(=O)N(/N=C\c2ccccc2)C[C@H]1c1ccccc1. The van der Waals surface area contributed by atoms with Crippen LogP contribution in [0.1, 0.15) is 17.0 Å². The maximum atomic E-state index is 12.0. The van der Waals surface area contributed by atoms with Crippen molar-refractivity contribution in [1.29, 1.82) is 0 Å². The van der Waals surface area contributed by atoms with E-state index in [9.17, 15) is 9.59 Å². The number of hydrogen-bond acceptors (Lipinski definition) is 3. The molecule has 1 atom stereocenters. The first-order chi connectivity index (χ1) is 10.7. The van der Waals surface area contributed by atoms with E-state index < -0.39 is 11.9 Å². The van der Waals surface area contributed by atoms with Crippen molar-refractivity contribution < 1.29 is 9.59 Å². The summed E-state index contributed by atoms with van der Waals surface area (Å²) >= 11 is 0. The van der Waals surface area contributed by atoms with E-state index in [4.69, 9.17) is 0 Å². The Labute approximate surface area is 128 Å². The molecule has 3 rings (SSSR count). The Morgan fingerprint density at radius 2 is 1.64 bits per heavy atom. The second kappa shape index (κ2) is 6.22. The summed E-state index contributed by atoms with van der Waals surface area (Å²) in [5.41, 5.74) is 1.76. The fourth-order valence-corrected chi connectivity index (χ4v) is 2.31. The molecule has 3 amide bonds. The van der Waals surface area contributed by atoms with Crippen molar-refractivity contribution in [2.75, 3.05) is 6.54 Å². The maximum Gasteiger partial charge on any atom is 0.344 e. The van der Waals surface area contributed by atoms with E-state index in [0.29, 0.717) is 0 Å². The Morgan fingerprint density at radius 1 is 1.00 bits per heavy atom. The van der Waals surface area contributed by atoms with E-state index in [2.05, 4.69) is 10.4 Å². The van der Waals surface area contributed by atoms with Gasteiger partial charge in [-0.15, -0.1) is 0 Å². The molecule has 110 valence electrons. The average Bonchev–Trinajstić information content (AvgIpc) is 2.56. The highest BCUT2D eigenvalue weighted by molar-refractivity contribution is 6.00. The van der Waals surface area contributed by atoms with E-state index in [1.54, 1.807) is 6.21 Å². The van der Waals surface area contributed by atoms with Gasteiger partial charge in [-0.25, -0.2) is 9.80 Å². The molecule has 1 N–H and O–H groups in total. The molecular weight excluding hydrogens is 278 g/mol. The van der Waals surface area contributed by atoms with Crippen molar-refractivity contribution in [2.45, 2.75) is 5.92 Å². The normalized spacial score (nSPS) is 18.5. The number of benzene rings is 2. The van der Waals surface area contributed by atoms with Crippen LogP contribution in [0.4, 0.5) is 4.79 Å². The minimum absolute atomic E-state index is 0.234. The number of carbonyl (C=O) groups excluding carboxylic acids is 2. The highest BCUT2D eigenvalue weighted by Crippen LogP contribution is 2.20. The van der Waals surface area contributed by atoms with Crippen LogP contribution in [0.25, 0.3) is 0 Å². The molecule has 0 saturated carbocycles. The molecule has 5 heteroatoms. The molecule has 0 aromatic heterocycles. The first kappa shape index (κ1) is 14.0. The third kappa shape index (κ3) is 3.03. The van der Waals surface area contributed by atoms with Crippen molar-refractivity contribution in [3.63, 3.8) is 0 Å². The molecule has 1 aliphatic rings. The summed E-state index contributed by atoms with van der Waals surface area (Å²) in [6.07, 6.45) is 1.61. The highest BCUT2D eigenvalue weighted by Gasteiger charge is 2.33. The summed E-state index contributed by atoms with van der Waals surface area (Å²) in [6.45, 7) is 0.234. The van der Waals surface area contributed by atoms with E-state index in [1.807, 2.05) is 60.7 Å². The van der Waals surface area contributed by atoms with Gasteiger partial charge in [-0.2, -0.15) is 5.10 Å². The Morgan fingerprint density at radius 3 is 2.32 bits per heavy atom. The lowest BCUT2D eigenvalue weighted by Gasteiger charge is -2.28. The molecule has 2 aromatic rings. The summed E-state index contributed by atoms with van der Waals surface area (Å²) in [7, 11) is 0. The third-order valence-corrected chi connectivity index (χ3v) is 3.48. The highest BCUT2D eigenvalue weighted by atomic mass is 16.2. The average molecular weight is 293 g/mol. The lowest BCUT2D eigenvalue weighted by atomic mass is 9.97. The van der Waals surface area contributed by atoms with E-state index in [-0.39, 0.29) is 12.5 Å². The van der Waals surface area contributed by atoms with Crippen LogP contribution in [-0.4, -0.2) is 29.7 Å². The van der Waals surface area contributed by atoms with Crippen molar-refractivity contribution >= 4 is 18.2 Å². The number of hydrogen-bond donors (Lipinski definition) is 1. The lowest BCUT2D eigenvalue weighted by molar-refractivity contribution is -0.123. The van der Waals surface area contributed by atoms with Crippen LogP contribution in [0.3, 0.4) is 0 Å². The molecule has 1 aliphatic heterocycles. The number of urea groups is 1. The minimum Gasteiger partial charge on any atom is -0.276 e. The van der Waals surface area contributed by atoms with Crippen LogP contribution in [-0.2, 0) is 4.79 Å². The van der Waals surface area contributed by atoms with Crippen molar-refractivity contribution in [2.24, 2.45) is 5.10 Å². The van der Waals surface area contributed by atoms with Crippen LogP contribution < -0.4 is 5.32 Å². The number of carbonyl (C=O) groups is 2. The van der Waals surface area contributed by atoms with Crippen LogP contribution in [0, 0.1) is 0 Å². The van der Waals surface area contributed by atoms with Crippen LogP contribution in [0.2, 0.25) is 0 Å². The summed E-state index contributed by atoms with van der Waals surface area (Å²) in [5, 5.41) is 7.82. The van der Waals surface area contributed by atoms with Gasteiger partial charge in [0.05, 0.1) is 18.7 Å². The van der Waals surface area contributed by atoms with Gasteiger partial charge in [-0.1, -0.05) is 60.7 Å². The molecule has 1 fully saturated rings. The summed E-state index contributed by atoms with van der Waals surface area (Å²) in [4.78, 5) is 23.9. The molecule has 1 heterocycles.